The van der Waals surface area contributed by atoms with E-state index in [4.69, 9.17) is 11.6 Å². The van der Waals surface area contributed by atoms with Gasteiger partial charge in [0.05, 0.1) is 31.0 Å². The molecule has 6 N–H and O–H groups in total. The predicted molar refractivity (Wildman–Crippen MR) is 248 cm³/mol. The number of carbonyl (C=O) groups excluding carboxylic acids is 2. The van der Waals surface area contributed by atoms with E-state index in [0.29, 0.717) is 11.4 Å². The van der Waals surface area contributed by atoms with Gasteiger partial charge in [0.1, 0.15) is 16.8 Å². The van der Waals surface area contributed by atoms with Crippen molar-refractivity contribution in [1.82, 2.24) is 4.90 Å². The maximum Gasteiger partial charge on any atom is 0.282 e. The van der Waals surface area contributed by atoms with Gasteiger partial charge >= 0.3 is 0 Å². The molecule has 1 amide bonds. The molecular formula is C44H47Cl2N7O10S2. The molecule has 0 saturated heterocycles. The van der Waals surface area contributed by atoms with E-state index < -0.39 is 41.0 Å². The smallest absolute Gasteiger partial charge is 0.282 e. The molecule has 344 valence electrons. The van der Waals surface area contributed by atoms with Crippen LogP contribution in [0.3, 0.4) is 0 Å². The molecule has 0 fully saturated rings. The van der Waals surface area contributed by atoms with Gasteiger partial charge in [0.2, 0.25) is 0 Å². The van der Waals surface area contributed by atoms with Crippen LogP contribution in [0.2, 0.25) is 0 Å². The summed E-state index contributed by atoms with van der Waals surface area (Å²) in [6.45, 7) is 10.1. The van der Waals surface area contributed by atoms with Gasteiger partial charge in [-0.15, -0.1) is 0 Å². The first kappa shape index (κ1) is 54.4. The zero-order valence-corrected chi connectivity index (χ0v) is 38.5. The molecule has 6 aromatic carbocycles. The zero-order valence-electron chi connectivity index (χ0n) is 35.3. The number of rotatable bonds is 14. The normalized spacial score (nSPS) is 10.4. The molecule has 0 aliphatic heterocycles. The summed E-state index contributed by atoms with van der Waals surface area (Å²) in [4.78, 5) is 46.0. The van der Waals surface area contributed by atoms with E-state index in [1.54, 1.807) is 78.9 Å². The first-order valence-corrected chi connectivity index (χ1v) is 22.7. The molecule has 0 heterocycles. The summed E-state index contributed by atoms with van der Waals surface area (Å²) in [6, 6.07) is 40.2. The molecule has 0 aromatic heterocycles. The third-order valence-corrected chi connectivity index (χ3v) is 11.8. The number of benzene rings is 6. The maximum absolute atomic E-state index is 12.5. The van der Waals surface area contributed by atoms with Crippen LogP contribution in [0.25, 0.3) is 0 Å². The van der Waals surface area contributed by atoms with Gasteiger partial charge in [-0.2, -0.15) is 0 Å². The lowest BCUT2D eigenvalue weighted by atomic mass is 10.1. The summed E-state index contributed by atoms with van der Waals surface area (Å²) in [5.41, 5.74) is 4.40. The second-order valence-electron chi connectivity index (χ2n) is 12.9. The van der Waals surface area contributed by atoms with Gasteiger partial charge in [-0.1, -0.05) is 106 Å². The number of hydrogen-bond donors (Lipinski definition) is 4. The molecule has 0 aliphatic carbocycles. The summed E-state index contributed by atoms with van der Waals surface area (Å²) < 4.78 is 54.0. The number of nitrogens with zero attached hydrogens (tertiary/aromatic N) is 3. The lowest BCUT2D eigenvalue weighted by molar-refractivity contribution is -0.385. The zero-order chi connectivity index (χ0) is 47.3. The van der Waals surface area contributed by atoms with Crippen LogP contribution in [0.15, 0.2) is 168 Å². The van der Waals surface area contributed by atoms with Crippen LogP contribution in [-0.2, 0) is 20.0 Å². The molecule has 0 radical (unpaired) electrons. The van der Waals surface area contributed by atoms with Crippen molar-refractivity contribution in [2.75, 3.05) is 34.4 Å². The van der Waals surface area contributed by atoms with E-state index in [2.05, 4.69) is 46.2 Å². The average Bonchev–Trinajstić information content (AvgIpc) is 3.29. The number of sulfonamides is 2. The highest BCUT2D eigenvalue weighted by atomic mass is 35.5. The Morgan fingerprint density at radius 3 is 1.31 bits per heavy atom. The van der Waals surface area contributed by atoms with Gasteiger partial charge < -0.3 is 28.4 Å². The number of halogens is 2. The van der Waals surface area contributed by atoms with Crippen LogP contribution in [0.4, 0.5) is 34.1 Å². The molecule has 6 rings (SSSR count). The standard InChI is InChI=1S/C19H15N3O5S.C12H12N2O2S.C7H4ClNO3.C6H15N.ClH/c23-19(15-10-4-7-13-18(15)22(24)25)20-16-11-5-6-12-17(16)21-28(26,27)14-8-2-1-3-9-14;13-11-8-4-5-9-12(11)14-17(15,16)10-6-2-1-3-7-10;8-7(10)5-3-1-2-4-6(5)9(11)12;1-4-7(5-2)6-3;/h1-13,21H,(H,20,23);1-9,14H,13H2;1-4H;4-6H2,1-3H3;1H. The van der Waals surface area contributed by atoms with Crippen molar-refractivity contribution in [3.8, 4) is 0 Å². The number of nitro benzene ring substituents is 2. The molecule has 0 atom stereocenters. The molecule has 6 aromatic rings. The fraction of sp³-hybridized carbons (Fsp3) is 0.136. The molecule has 17 nitrogen and oxygen atoms in total. The van der Waals surface area contributed by atoms with Crippen molar-refractivity contribution in [2.24, 2.45) is 0 Å². The van der Waals surface area contributed by atoms with E-state index in [1.807, 2.05) is 6.07 Å². The molecule has 65 heavy (non-hydrogen) atoms. The first-order valence-electron chi connectivity index (χ1n) is 19.3. The summed E-state index contributed by atoms with van der Waals surface area (Å²) >= 11 is 5.11. The van der Waals surface area contributed by atoms with Gasteiger partial charge in [-0.3, -0.25) is 39.3 Å². The van der Waals surface area contributed by atoms with Gasteiger partial charge in [0.25, 0.3) is 42.6 Å². The Kier molecular flexibility index (Phi) is 22.4. The Balaban J connectivity index is 0.000000333. The third kappa shape index (κ3) is 17.1. The minimum Gasteiger partial charge on any atom is -1.00 e. The van der Waals surface area contributed by atoms with Gasteiger partial charge in [-0.05, 0) is 85.8 Å². The number of para-hydroxylation sites is 5. The van der Waals surface area contributed by atoms with E-state index >= 15 is 0 Å². The van der Waals surface area contributed by atoms with Gasteiger partial charge in [0.15, 0.2) is 5.69 Å². The quantitative estimate of drug-likeness (QED) is 0.0616. The minimum atomic E-state index is -3.87. The highest BCUT2D eigenvalue weighted by molar-refractivity contribution is 7.93. The van der Waals surface area contributed by atoms with Crippen molar-refractivity contribution in [3.05, 3.63) is 189 Å². The third-order valence-electron chi connectivity index (χ3n) is 8.79. The van der Waals surface area contributed by atoms with Crippen LogP contribution in [0, 0.1) is 20.2 Å². The highest BCUT2D eigenvalue weighted by Crippen LogP contribution is 2.27. The lowest BCUT2D eigenvalue weighted by Crippen LogP contribution is -3.00. The van der Waals surface area contributed by atoms with Crippen LogP contribution >= 0.6 is 11.6 Å². The number of nitro groups is 2. The van der Waals surface area contributed by atoms with Crippen LogP contribution < -0.4 is 32.9 Å². The van der Waals surface area contributed by atoms with Crippen molar-refractivity contribution in [3.63, 3.8) is 0 Å². The predicted octanol–water partition coefficient (Wildman–Crippen LogP) is 5.33. The molecule has 0 saturated carbocycles. The number of amides is 1. The molecule has 0 unspecified atom stereocenters. The maximum atomic E-state index is 12.5. The fourth-order valence-electron chi connectivity index (χ4n) is 5.39. The molecule has 0 bridgehead atoms. The Hall–Kier alpha value is -6.74. The SMILES string of the molecule is CCN(CC)CC.O=C(Cl)c1ccccc1[N+](=O)[O-].O=C(Nc1ccccc1NS(=O)(=O)c1ccccc1)c1ccccc1[N+](=O)[O-].[Cl-].[NH3+]c1ccccc1NS(=O)(=O)c1ccccc1. The largest absolute Gasteiger partial charge is 1.00 e. The summed E-state index contributed by atoms with van der Waals surface area (Å²) in [5.74, 6) is -0.723. The van der Waals surface area contributed by atoms with E-state index in [1.165, 1.54) is 92.4 Å². The second-order valence-corrected chi connectivity index (χ2v) is 16.6. The van der Waals surface area contributed by atoms with E-state index in [0.717, 1.165) is 0 Å². The van der Waals surface area contributed by atoms with Crippen molar-refractivity contribution >= 4 is 76.9 Å². The van der Waals surface area contributed by atoms with E-state index in [-0.39, 0.29) is 56.1 Å². The number of nitrogens with one attached hydrogen (secondary N) is 3. The van der Waals surface area contributed by atoms with Gasteiger partial charge in [0, 0.05) is 18.2 Å². The Labute approximate surface area is 388 Å². The monoisotopic (exact) mass is 967 g/mol. The summed E-state index contributed by atoms with van der Waals surface area (Å²) in [7, 11) is -7.39. The number of anilines is 3. The number of quaternary nitrogens is 1. The molecule has 0 aliphatic rings. The molecule has 21 heteroatoms. The highest BCUT2D eigenvalue weighted by Gasteiger charge is 2.22. The van der Waals surface area contributed by atoms with Crippen molar-refractivity contribution in [1.29, 1.82) is 0 Å². The summed E-state index contributed by atoms with van der Waals surface area (Å²) in [6.07, 6.45) is 0. The average molecular weight is 969 g/mol. The summed E-state index contributed by atoms with van der Waals surface area (Å²) in [5, 5.41) is 23.2. The topological polar surface area (TPSA) is 256 Å². The Morgan fingerprint density at radius 1 is 0.554 bits per heavy atom. The first-order chi connectivity index (χ1) is 30.4. The minimum absolute atomic E-state index is 0. The lowest BCUT2D eigenvalue weighted by Gasteiger charge is -2.13. The Bertz CT molecular complexity index is 2690. The van der Waals surface area contributed by atoms with Crippen LogP contribution in [-0.4, -0.2) is 62.4 Å². The van der Waals surface area contributed by atoms with Crippen molar-refractivity contribution < 1.29 is 54.4 Å². The Morgan fingerprint density at radius 2 is 0.908 bits per heavy atom. The fourth-order valence-corrected chi connectivity index (χ4v) is 7.77. The van der Waals surface area contributed by atoms with Crippen LogP contribution in [0.1, 0.15) is 41.5 Å². The second kappa shape index (κ2) is 26.8. The molecule has 0 spiro atoms. The number of hydrogen-bond acceptors (Lipinski definition) is 11. The van der Waals surface area contributed by atoms with Gasteiger partial charge in [-0.25, -0.2) is 16.8 Å². The van der Waals surface area contributed by atoms with E-state index in [9.17, 15) is 46.7 Å². The van der Waals surface area contributed by atoms with Crippen LogP contribution in [0.5, 0.6) is 0 Å². The number of carbonyl (C=O) groups is 2. The van der Waals surface area contributed by atoms with Crippen molar-refractivity contribution in [2.45, 2.75) is 30.6 Å². The molecular weight excluding hydrogens is 922 g/mol.